The van der Waals surface area contributed by atoms with E-state index in [0.29, 0.717) is 21.1 Å². The normalized spacial score (nSPS) is 11.9. The first-order chi connectivity index (χ1) is 8.69. The third kappa shape index (κ3) is 2.78. The average Bonchev–Trinajstić information content (AvgIpc) is 2.55. The molecule has 0 fully saturated rings. The zero-order valence-electron chi connectivity index (χ0n) is 11.1. The van der Waals surface area contributed by atoms with E-state index in [4.69, 9.17) is 4.74 Å². The number of nitrogens with zero attached hydrogens (tertiary/aromatic N) is 2. The first kappa shape index (κ1) is 14.0. The van der Waals surface area contributed by atoms with Gasteiger partial charge in [-0.1, -0.05) is 0 Å². The van der Waals surface area contributed by atoms with Crippen molar-refractivity contribution in [3.63, 3.8) is 0 Å². The number of benzene rings is 1. The number of carbonyl (C=O) groups excluding carboxylic acids is 1. The zero-order valence-corrected chi connectivity index (χ0v) is 12.7. The van der Waals surface area contributed by atoms with Crippen LogP contribution in [0.3, 0.4) is 0 Å². The van der Waals surface area contributed by atoms with Gasteiger partial charge in [0.25, 0.3) is 0 Å². The van der Waals surface area contributed by atoms with Crippen LogP contribution in [0.2, 0.25) is 0 Å². The molecule has 0 spiro atoms. The first-order valence-corrected chi connectivity index (χ1v) is 6.56. The maximum atomic E-state index is 13.6. The van der Waals surface area contributed by atoms with Crippen molar-refractivity contribution >= 4 is 32.9 Å². The smallest absolute Gasteiger partial charge is 0.435 e. The zero-order chi connectivity index (χ0) is 14.4. The molecule has 1 aromatic heterocycles. The fraction of sp³-hybridized carbons (Fsp3) is 0.385. The number of hydrogen-bond donors (Lipinski definition) is 0. The van der Waals surface area contributed by atoms with E-state index in [1.165, 1.54) is 6.07 Å². The highest BCUT2D eigenvalue weighted by molar-refractivity contribution is 9.10. The van der Waals surface area contributed by atoms with Gasteiger partial charge < -0.3 is 4.74 Å². The first-order valence-electron chi connectivity index (χ1n) is 5.77. The van der Waals surface area contributed by atoms with Crippen LogP contribution in [-0.2, 0) is 4.74 Å². The summed E-state index contributed by atoms with van der Waals surface area (Å²) in [5.74, 6) is -0.447. The number of rotatable bonds is 0. The van der Waals surface area contributed by atoms with Crippen LogP contribution in [0.5, 0.6) is 0 Å². The van der Waals surface area contributed by atoms with E-state index < -0.39 is 17.5 Å². The Balaban J connectivity index is 2.56. The van der Waals surface area contributed by atoms with Gasteiger partial charge in [-0.2, -0.15) is 9.78 Å². The van der Waals surface area contributed by atoms with Gasteiger partial charge in [-0.25, -0.2) is 9.18 Å². The van der Waals surface area contributed by atoms with Crippen LogP contribution in [0.4, 0.5) is 9.18 Å². The van der Waals surface area contributed by atoms with Gasteiger partial charge in [0, 0.05) is 11.5 Å². The van der Waals surface area contributed by atoms with Crippen LogP contribution >= 0.6 is 15.9 Å². The molecular formula is C13H14BrFN2O2. The monoisotopic (exact) mass is 328 g/mol. The van der Waals surface area contributed by atoms with Crippen molar-refractivity contribution in [2.45, 2.75) is 33.3 Å². The topological polar surface area (TPSA) is 44.1 Å². The summed E-state index contributed by atoms with van der Waals surface area (Å²) in [6.45, 7) is 7.05. The Bertz CT molecular complexity index is 659. The number of aryl methyl sites for hydroxylation is 1. The SMILES string of the molecule is Cc1nn(C(=O)OC(C)(C)C)c2cc(F)c(Br)cc12. The lowest BCUT2D eigenvalue weighted by Gasteiger charge is -2.19. The van der Waals surface area contributed by atoms with Crippen LogP contribution in [0, 0.1) is 12.7 Å². The molecule has 0 atom stereocenters. The van der Waals surface area contributed by atoms with Crippen LogP contribution < -0.4 is 0 Å². The summed E-state index contributed by atoms with van der Waals surface area (Å²) < 4.78 is 20.3. The standard InChI is InChI=1S/C13H14BrFN2O2/c1-7-8-5-9(14)10(15)6-11(8)17(16-7)12(18)19-13(2,3)4/h5-6H,1-4H3. The third-order valence-corrected chi connectivity index (χ3v) is 3.08. The van der Waals surface area contributed by atoms with Gasteiger partial charge in [0.05, 0.1) is 15.7 Å². The predicted octanol–water partition coefficient (Wildman–Crippen LogP) is 4.03. The maximum absolute atomic E-state index is 13.6. The second-order valence-corrected chi connectivity index (χ2v) is 6.12. The summed E-state index contributed by atoms with van der Waals surface area (Å²) in [4.78, 5) is 12.0. The lowest BCUT2D eigenvalue weighted by molar-refractivity contribution is 0.0522. The fourth-order valence-electron chi connectivity index (χ4n) is 1.70. The number of fused-ring (bicyclic) bond motifs is 1. The minimum Gasteiger partial charge on any atom is -0.442 e. The van der Waals surface area contributed by atoms with Gasteiger partial charge in [0.15, 0.2) is 0 Å². The van der Waals surface area contributed by atoms with Crippen molar-refractivity contribution in [2.75, 3.05) is 0 Å². The van der Waals surface area contributed by atoms with Gasteiger partial charge in [-0.3, -0.25) is 0 Å². The maximum Gasteiger partial charge on any atom is 0.435 e. The highest BCUT2D eigenvalue weighted by Crippen LogP contribution is 2.26. The average molecular weight is 329 g/mol. The van der Waals surface area contributed by atoms with Gasteiger partial charge in [-0.05, 0) is 49.7 Å². The van der Waals surface area contributed by atoms with Crippen molar-refractivity contribution in [1.29, 1.82) is 0 Å². The number of carbonyl (C=O) groups is 1. The molecule has 1 aromatic carbocycles. The van der Waals surface area contributed by atoms with E-state index in [1.807, 2.05) is 0 Å². The summed E-state index contributed by atoms with van der Waals surface area (Å²) in [5, 5.41) is 4.82. The van der Waals surface area contributed by atoms with Crippen molar-refractivity contribution in [1.82, 2.24) is 9.78 Å². The molecular weight excluding hydrogens is 315 g/mol. The van der Waals surface area contributed by atoms with Gasteiger partial charge in [0.1, 0.15) is 11.4 Å². The Morgan fingerprint density at radius 1 is 1.42 bits per heavy atom. The Morgan fingerprint density at radius 3 is 2.63 bits per heavy atom. The van der Waals surface area contributed by atoms with Gasteiger partial charge >= 0.3 is 6.09 Å². The highest BCUT2D eigenvalue weighted by atomic mass is 79.9. The predicted molar refractivity (Wildman–Crippen MR) is 73.8 cm³/mol. The second kappa shape index (κ2) is 4.59. The molecule has 0 N–H and O–H groups in total. The number of ether oxygens (including phenoxy) is 1. The molecule has 0 unspecified atom stereocenters. The number of aromatic nitrogens is 2. The van der Waals surface area contributed by atoms with Crippen LogP contribution in [0.25, 0.3) is 10.9 Å². The minimum atomic E-state index is -0.628. The Kier molecular flexibility index (Phi) is 3.38. The van der Waals surface area contributed by atoms with Crippen molar-refractivity contribution in [3.8, 4) is 0 Å². The molecule has 2 aromatic rings. The molecule has 0 aliphatic rings. The van der Waals surface area contributed by atoms with E-state index in [9.17, 15) is 9.18 Å². The van der Waals surface area contributed by atoms with Gasteiger partial charge in [0.2, 0.25) is 0 Å². The molecule has 102 valence electrons. The van der Waals surface area contributed by atoms with E-state index in [2.05, 4.69) is 21.0 Å². The molecule has 6 heteroatoms. The molecule has 19 heavy (non-hydrogen) atoms. The van der Waals surface area contributed by atoms with Gasteiger partial charge in [-0.15, -0.1) is 0 Å². The van der Waals surface area contributed by atoms with Crippen LogP contribution in [0.1, 0.15) is 26.5 Å². The minimum absolute atomic E-state index is 0.340. The lowest BCUT2D eigenvalue weighted by atomic mass is 10.2. The molecule has 1 heterocycles. The van der Waals surface area contributed by atoms with Crippen molar-refractivity contribution in [2.24, 2.45) is 0 Å². The summed E-state index contributed by atoms with van der Waals surface area (Å²) in [6.07, 6.45) is -0.618. The van der Waals surface area contributed by atoms with E-state index in [0.717, 1.165) is 4.68 Å². The number of halogens is 2. The Hall–Kier alpha value is -1.43. The summed E-state index contributed by atoms with van der Waals surface area (Å²) in [6, 6.07) is 2.87. The summed E-state index contributed by atoms with van der Waals surface area (Å²) in [7, 11) is 0. The molecule has 4 nitrogen and oxygen atoms in total. The molecule has 0 saturated carbocycles. The Labute approximate surface area is 118 Å². The molecule has 0 aliphatic heterocycles. The molecule has 0 radical (unpaired) electrons. The van der Waals surface area contributed by atoms with Crippen LogP contribution in [-0.4, -0.2) is 21.5 Å². The molecule has 0 bridgehead atoms. The van der Waals surface area contributed by atoms with E-state index in [1.54, 1.807) is 33.8 Å². The summed E-state index contributed by atoms with van der Waals surface area (Å²) in [5.41, 5.74) is 0.408. The largest absolute Gasteiger partial charge is 0.442 e. The lowest BCUT2D eigenvalue weighted by Crippen LogP contribution is -2.27. The van der Waals surface area contributed by atoms with Crippen molar-refractivity contribution < 1.29 is 13.9 Å². The summed E-state index contributed by atoms with van der Waals surface area (Å²) >= 11 is 3.12. The molecule has 2 rings (SSSR count). The fourth-order valence-corrected chi connectivity index (χ4v) is 2.05. The molecule has 0 amide bonds. The third-order valence-electron chi connectivity index (χ3n) is 2.47. The number of hydrogen-bond acceptors (Lipinski definition) is 3. The van der Waals surface area contributed by atoms with E-state index >= 15 is 0 Å². The Morgan fingerprint density at radius 2 is 2.05 bits per heavy atom. The molecule has 0 aliphatic carbocycles. The van der Waals surface area contributed by atoms with E-state index in [-0.39, 0.29) is 0 Å². The molecule has 0 saturated heterocycles. The highest BCUT2D eigenvalue weighted by Gasteiger charge is 2.22. The second-order valence-electron chi connectivity index (χ2n) is 5.26. The van der Waals surface area contributed by atoms with Crippen molar-refractivity contribution in [3.05, 3.63) is 28.1 Å². The quantitative estimate of drug-likeness (QED) is 0.733. The van der Waals surface area contributed by atoms with Crippen LogP contribution in [0.15, 0.2) is 16.6 Å².